The van der Waals surface area contributed by atoms with E-state index < -0.39 is 68.2 Å². The Bertz CT molecular complexity index is 3310. The molecule has 2 aliphatic carbocycles. The average Bonchev–Trinajstić information content (AvgIpc) is 3.53. The molecule has 0 unspecified atom stereocenters. The number of likely N-dealkylation sites (tertiary alicyclic amines) is 1. The number of benzene rings is 2. The van der Waals surface area contributed by atoms with Crippen LogP contribution in [-0.4, -0.2) is 146 Å². The number of amides is 5. The molecule has 446 valence electrons. The topological polar surface area (TPSA) is 276 Å². The van der Waals surface area contributed by atoms with Crippen LogP contribution in [0.5, 0.6) is 5.75 Å². The first-order valence-electron chi connectivity index (χ1n) is 29.1. The third-order valence-electron chi connectivity index (χ3n) is 16.8. The number of sulfone groups is 1. The van der Waals surface area contributed by atoms with E-state index in [9.17, 15) is 27.6 Å². The van der Waals surface area contributed by atoms with Gasteiger partial charge in [-0.15, -0.1) is 0 Å². The number of aryl methyl sites for hydroxylation is 2. The summed E-state index contributed by atoms with van der Waals surface area (Å²) in [6.45, 7) is 17.1. The molecule has 83 heavy (non-hydrogen) atoms. The van der Waals surface area contributed by atoms with Crippen molar-refractivity contribution in [1.29, 1.82) is 0 Å². The molecule has 3 aromatic heterocycles. The van der Waals surface area contributed by atoms with E-state index in [1.807, 2.05) is 36.9 Å². The van der Waals surface area contributed by atoms with Crippen molar-refractivity contribution in [3.05, 3.63) is 83.1 Å². The Hall–Kier alpha value is -7.43. The Balaban J connectivity index is 0.863. The summed E-state index contributed by atoms with van der Waals surface area (Å²) in [4.78, 5) is 93.9. The standard InChI is InChI=1S/C60H81N13O9S/c1-35-36(2)69-70-51(35)68-52-44-28-49(83(79,80)60(7,8)9)48(29-46(44)63-34-64-52)81-33-38-23-25-72(26-24-38)57-61-30-41(31-62-57)54(75)65-42-27-47(55(76)66-45-22-16-20-39-17-14-15-21-43(39)45)73(32-42)56(77)50(40-18-12-11-13-19-40)67-53(74)37(3)71(10)58(78)82-59(4,5)6/h14-15,17,21,28-31,34,37-38,40,42,45,47,50H,11-13,16,18-20,22-27,32-33H2,1-10H3,(H,65,75)(H,66,76)(H,67,74)(H2,63,64,68,69,70)/t37-,42-,45+,47-,50-/m0/s1. The van der Waals surface area contributed by atoms with Gasteiger partial charge in [0.05, 0.1) is 28.5 Å². The van der Waals surface area contributed by atoms with Crippen LogP contribution in [0.4, 0.5) is 22.4 Å². The first-order valence-corrected chi connectivity index (χ1v) is 30.6. The number of nitrogens with one attached hydrogen (secondary N) is 5. The number of hydrogen-bond donors (Lipinski definition) is 5. The van der Waals surface area contributed by atoms with Crippen molar-refractivity contribution in [3.63, 3.8) is 0 Å². The lowest BCUT2D eigenvalue weighted by Gasteiger charge is -2.36. The van der Waals surface area contributed by atoms with Gasteiger partial charge in [-0.05, 0) is 143 Å². The van der Waals surface area contributed by atoms with Crippen molar-refractivity contribution in [3.8, 4) is 5.75 Å². The largest absolute Gasteiger partial charge is 0.492 e. The molecule has 2 aromatic carbocycles. The van der Waals surface area contributed by atoms with E-state index in [1.54, 1.807) is 60.6 Å². The molecular weight excluding hydrogens is 1080 g/mol. The van der Waals surface area contributed by atoms with Crippen LogP contribution in [-0.2, 0) is 35.4 Å². The van der Waals surface area contributed by atoms with Crippen LogP contribution in [0, 0.1) is 25.7 Å². The molecule has 3 fully saturated rings. The van der Waals surface area contributed by atoms with Gasteiger partial charge in [-0.1, -0.05) is 43.5 Å². The number of likely N-dealkylation sites (N-methyl/N-ethyl adjacent to an activating group) is 1. The molecule has 0 radical (unpaired) electrons. The second-order valence-corrected chi connectivity index (χ2v) is 27.5. The lowest BCUT2D eigenvalue weighted by Crippen LogP contribution is -2.59. The first kappa shape index (κ1) is 60.2. The summed E-state index contributed by atoms with van der Waals surface area (Å²) in [6.07, 6.45) is 11.9. The lowest BCUT2D eigenvalue weighted by atomic mass is 9.83. The normalized spacial score (nSPS) is 19.8. The van der Waals surface area contributed by atoms with Gasteiger partial charge >= 0.3 is 6.09 Å². The van der Waals surface area contributed by atoms with E-state index in [2.05, 4.69) is 57.5 Å². The zero-order valence-corrected chi connectivity index (χ0v) is 50.3. The van der Waals surface area contributed by atoms with Crippen LogP contribution < -0.4 is 30.9 Å². The van der Waals surface area contributed by atoms with Crippen molar-refractivity contribution in [1.82, 2.24) is 55.9 Å². The highest BCUT2D eigenvalue weighted by atomic mass is 32.2. The molecule has 23 heteroatoms. The molecule has 5 aromatic rings. The van der Waals surface area contributed by atoms with Gasteiger partial charge < -0.3 is 40.5 Å². The third kappa shape index (κ3) is 13.7. The smallest absolute Gasteiger partial charge is 0.410 e. The number of ether oxygens (including phenoxy) is 2. The Labute approximate surface area is 486 Å². The first-order chi connectivity index (χ1) is 39.4. The van der Waals surface area contributed by atoms with E-state index in [1.165, 1.54) is 41.1 Å². The SMILES string of the molecule is Cc1[nH]nc(Nc2ncnc3cc(OCC4CCN(c5ncc(C(=O)N[C@H]6C[C@@H](C(=O)N[C@@H]7CCCc8ccccc87)N(C(=O)[C@@H](NC(=O)[C@H](C)N(C)C(=O)OC(C)(C)C)C7CCCCC7)C6)cn5)CC4)c(S(=O)(=O)C(C)(C)C)cc23)c1C. The fourth-order valence-electron chi connectivity index (χ4n) is 11.5. The summed E-state index contributed by atoms with van der Waals surface area (Å²) in [5.41, 5.74) is 3.94. The number of anilines is 3. The van der Waals surface area contributed by atoms with E-state index in [-0.39, 0.29) is 59.6 Å². The van der Waals surface area contributed by atoms with Gasteiger partial charge in [0.15, 0.2) is 15.7 Å². The van der Waals surface area contributed by atoms with Gasteiger partial charge in [0.1, 0.15) is 46.5 Å². The fourth-order valence-corrected chi connectivity index (χ4v) is 12.8. The summed E-state index contributed by atoms with van der Waals surface area (Å²) >= 11 is 0. The number of carbonyl (C=O) groups is 5. The second-order valence-electron chi connectivity index (χ2n) is 24.8. The second kappa shape index (κ2) is 24.8. The van der Waals surface area contributed by atoms with Crippen LogP contribution in [0.3, 0.4) is 0 Å². The van der Waals surface area contributed by atoms with Crippen LogP contribution in [0.2, 0.25) is 0 Å². The summed E-state index contributed by atoms with van der Waals surface area (Å²) in [7, 11) is -2.41. The molecule has 5 amide bonds. The van der Waals surface area contributed by atoms with Crippen LogP contribution in [0.25, 0.3) is 10.9 Å². The zero-order valence-electron chi connectivity index (χ0n) is 49.5. The van der Waals surface area contributed by atoms with Crippen molar-refractivity contribution in [2.45, 2.75) is 178 Å². The highest BCUT2D eigenvalue weighted by molar-refractivity contribution is 7.92. The molecule has 5 heterocycles. The van der Waals surface area contributed by atoms with E-state index >= 15 is 4.79 Å². The molecule has 0 bridgehead atoms. The van der Waals surface area contributed by atoms with E-state index in [0.717, 1.165) is 55.3 Å². The van der Waals surface area contributed by atoms with Gasteiger partial charge in [-0.3, -0.25) is 29.2 Å². The minimum absolute atomic E-state index is 0.0153. The predicted octanol–water partition coefficient (Wildman–Crippen LogP) is 7.58. The Morgan fingerprint density at radius 2 is 1.58 bits per heavy atom. The Morgan fingerprint density at radius 3 is 2.25 bits per heavy atom. The number of rotatable bonds is 16. The number of carbonyl (C=O) groups excluding carboxylic acids is 5. The van der Waals surface area contributed by atoms with Crippen molar-refractivity contribution in [2.24, 2.45) is 11.8 Å². The monoisotopic (exact) mass is 1160 g/mol. The molecule has 4 aliphatic rings. The van der Waals surface area contributed by atoms with Crippen molar-refractivity contribution in [2.75, 3.05) is 43.5 Å². The van der Waals surface area contributed by atoms with Gasteiger partial charge in [-0.25, -0.2) is 33.1 Å². The van der Waals surface area contributed by atoms with Crippen LogP contribution in [0.15, 0.2) is 60.0 Å². The molecule has 22 nitrogen and oxygen atoms in total. The van der Waals surface area contributed by atoms with Crippen LogP contribution >= 0.6 is 0 Å². The number of H-pyrrole nitrogens is 1. The number of aromatic amines is 1. The summed E-state index contributed by atoms with van der Waals surface area (Å²) < 4.78 is 39.1. The molecular formula is C60H81N13O9S. The molecule has 5 atom stereocenters. The molecule has 0 spiro atoms. The Kier molecular flexibility index (Phi) is 18.0. The van der Waals surface area contributed by atoms with Gasteiger partial charge in [0.2, 0.25) is 23.7 Å². The number of hydrogen-bond acceptors (Lipinski definition) is 16. The van der Waals surface area contributed by atoms with E-state index in [4.69, 9.17) is 9.47 Å². The van der Waals surface area contributed by atoms with Gasteiger partial charge in [0, 0.05) is 67.8 Å². The van der Waals surface area contributed by atoms with Gasteiger partial charge in [-0.2, -0.15) is 5.10 Å². The number of nitrogens with zero attached hydrogens (tertiary/aromatic N) is 8. The maximum absolute atomic E-state index is 15.2. The highest BCUT2D eigenvalue weighted by Gasteiger charge is 2.46. The highest BCUT2D eigenvalue weighted by Crippen LogP contribution is 2.39. The maximum atomic E-state index is 15.2. The molecule has 5 N–H and O–H groups in total. The van der Waals surface area contributed by atoms with Crippen LogP contribution in [0.1, 0.15) is 151 Å². The number of aromatic nitrogens is 6. The van der Waals surface area contributed by atoms with Crippen molar-refractivity contribution < 1.29 is 41.9 Å². The molecule has 2 saturated heterocycles. The summed E-state index contributed by atoms with van der Waals surface area (Å²) in [5.74, 6) is -0.226. The average molecular weight is 1160 g/mol. The molecule has 9 rings (SSSR count). The minimum atomic E-state index is -3.89. The van der Waals surface area contributed by atoms with Crippen molar-refractivity contribution >= 4 is 68.0 Å². The zero-order chi connectivity index (χ0) is 59.5. The lowest BCUT2D eigenvalue weighted by molar-refractivity contribution is -0.143. The third-order valence-corrected chi connectivity index (χ3v) is 19.3. The minimum Gasteiger partial charge on any atom is -0.492 e. The molecule has 1 saturated carbocycles. The van der Waals surface area contributed by atoms with E-state index in [0.29, 0.717) is 67.3 Å². The summed E-state index contributed by atoms with van der Waals surface area (Å²) in [5, 5.41) is 20.4. The maximum Gasteiger partial charge on any atom is 0.410 e. The molecule has 2 aliphatic heterocycles. The number of fused-ring (bicyclic) bond motifs is 2. The fraction of sp³-hybridized carbons (Fsp3) is 0.567. The quantitative estimate of drug-likeness (QED) is 0.0637. The Morgan fingerprint density at radius 1 is 0.867 bits per heavy atom. The predicted molar refractivity (Wildman–Crippen MR) is 314 cm³/mol. The summed E-state index contributed by atoms with van der Waals surface area (Å²) in [6, 6.07) is 7.48. The number of piperidine rings is 1. The van der Waals surface area contributed by atoms with Gasteiger partial charge in [0.25, 0.3) is 5.91 Å².